The molecule has 0 radical (unpaired) electrons. The summed E-state index contributed by atoms with van der Waals surface area (Å²) >= 11 is -1.79. The lowest BCUT2D eigenvalue weighted by atomic mass is 9.86. The first-order valence-electron chi connectivity index (χ1n) is 6.46. The molecule has 2 rings (SSSR count). The first kappa shape index (κ1) is 13.7. The van der Waals surface area contributed by atoms with Gasteiger partial charge in [-0.15, -0.1) is 0 Å². The Morgan fingerprint density at radius 3 is 2.44 bits per heavy atom. The number of benzene rings is 1. The lowest BCUT2D eigenvalue weighted by Gasteiger charge is -2.36. The van der Waals surface area contributed by atoms with Gasteiger partial charge in [-0.25, -0.2) is 4.21 Å². The molecule has 1 aromatic carbocycles. The summed E-state index contributed by atoms with van der Waals surface area (Å²) in [5.74, 6) is 0.236. The van der Waals surface area contributed by atoms with Crippen molar-refractivity contribution in [2.75, 3.05) is 5.75 Å². The maximum atomic E-state index is 11.1. The monoisotopic (exact) mass is 268 g/mol. The molecule has 0 spiro atoms. The highest BCUT2D eigenvalue weighted by molar-refractivity contribution is 7.79. The second-order valence-electron chi connectivity index (χ2n) is 4.98. The molecule has 3 nitrogen and oxygen atoms in total. The first-order chi connectivity index (χ1) is 8.70. The van der Waals surface area contributed by atoms with Crippen LogP contribution in [-0.4, -0.2) is 20.1 Å². The number of hydrogen-bond donors (Lipinski definition) is 1. The average molecular weight is 268 g/mol. The van der Waals surface area contributed by atoms with E-state index in [4.69, 9.17) is 9.29 Å². The third kappa shape index (κ3) is 3.90. The van der Waals surface area contributed by atoms with Crippen LogP contribution in [0, 0.1) is 0 Å². The van der Waals surface area contributed by atoms with Crippen molar-refractivity contribution >= 4 is 11.1 Å². The van der Waals surface area contributed by atoms with Crippen LogP contribution in [-0.2, 0) is 22.4 Å². The minimum Gasteiger partial charge on any atom is -0.369 e. The molecule has 0 amide bonds. The van der Waals surface area contributed by atoms with Crippen LogP contribution in [0.5, 0.6) is 0 Å². The highest BCUT2D eigenvalue weighted by Gasteiger charge is 2.34. The number of hydrogen-bond acceptors (Lipinski definition) is 2. The SMILES string of the molecule is O=S(O)CC1(OCc2ccccc2)CCCCC1. The Hall–Kier alpha value is -0.710. The van der Waals surface area contributed by atoms with Crippen LogP contribution < -0.4 is 0 Å². The van der Waals surface area contributed by atoms with Crippen LogP contribution >= 0.6 is 0 Å². The topological polar surface area (TPSA) is 46.5 Å². The zero-order valence-corrected chi connectivity index (χ0v) is 11.3. The van der Waals surface area contributed by atoms with E-state index in [0.29, 0.717) is 6.61 Å². The van der Waals surface area contributed by atoms with Gasteiger partial charge in [-0.3, -0.25) is 0 Å². The van der Waals surface area contributed by atoms with Gasteiger partial charge in [0.2, 0.25) is 0 Å². The Labute approximate surface area is 111 Å². The number of rotatable bonds is 5. The van der Waals surface area contributed by atoms with Crippen molar-refractivity contribution in [2.24, 2.45) is 0 Å². The van der Waals surface area contributed by atoms with E-state index in [2.05, 4.69) is 0 Å². The van der Waals surface area contributed by atoms with E-state index in [1.807, 2.05) is 30.3 Å². The van der Waals surface area contributed by atoms with Crippen LogP contribution in [0.3, 0.4) is 0 Å². The van der Waals surface area contributed by atoms with E-state index in [-0.39, 0.29) is 5.75 Å². The van der Waals surface area contributed by atoms with Crippen LogP contribution in [0.15, 0.2) is 30.3 Å². The lowest BCUT2D eigenvalue weighted by Crippen LogP contribution is -2.40. The van der Waals surface area contributed by atoms with E-state index in [1.165, 1.54) is 6.42 Å². The minimum absolute atomic E-state index is 0.236. The fraction of sp³-hybridized carbons (Fsp3) is 0.571. The van der Waals surface area contributed by atoms with Crippen LogP contribution in [0.4, 0.5) is 0 Å². The standard InChI is InChI=1S/C14H20O3S/c15-18(16)12-14(9-5-2-6-10-14)17-11-13-7-3-1-4-8-13/h1,3-4,7-8H,2,5-6,9-12H2,(H,15,16). The lowest BCUT2D eigenvalue weighted by molar-refractivity contribution is -0.0640. The van der Waals surface area contributed by atoms with E-state index in [1.54, 1.807) is 0 Å². The maximum Gasteiger partial charge on any atom is 0.155 e. The Morgan fingerprint density at radius 2 is 1.83 bits per heavy atom. The van der Waals surface area contributed by atoms with Crippen molar-refractivity contribution in [1.29, 1.82) is 0 Å². The molecule has 0 heterocycles. The largest absolute Gasteiger partial charge is 0.369 e. The summed E-state index contributed by atoms with van der Waals surface area (Å²) in [5.41, 5.74) is 0.722. The van der Waals surface area contributed by atoms with Gasteiger partial charge in [-0.2, -0.15) is 0 Å². The van der Waals surface area contributed by atoms with Crippen LogP contribution in [0.1, 0.15) is 37.7 Å². The van der Waals surface area contributed by atoms with Gasteiger partial charge in [-0.05, 0) is 18.4 Å². The van der Waals surface area contributed by atoms with Gasteiger partial charge in [0.25, 0.3) is 0 Å². The highest BCUT2D eigenvalue weighted by atomic mass is 32.2. The molecule has 18 heavy (non-hydrogen) atoms. The molecule has 0 aromatic heterocycles. The summed E-state index contributed by atoms with van der Waals surface area (Å²) in [7, 11) is 0. The van der Waals surface area contributed by atoms with Gasteiger partial charge in [0.15, 0.2) is 11.1 Å². The van der Waals surface area contributed by atoms with Crippen molar-refractivity contribution in [3.63, 3.8) is 0 Å². The van der Waals surface area contributed by atoms with Gasteiger partial charge in [-0.1, -0.05) is 49.6 Å². The Morgan fingerprint density at radius 1 is 1.17 bits per heavy atom. The summed E-state index contributed by atoms with van der Waals surface area (Å²) in [6.45, 7) is 0.526. The van der Waals surface area contributed by atoms with Gasteiger partial charge >= 0.3 is 0 Å². The summed E-state index contributed by atoms with van der Waals surface area (Å²) in [6.07, 6.45) is 5.17. The van der Waals surface area contributed by atoms with Crippen molar-refractivity contribution in [3.8, 4) is 0 Å². The smallest absolute Gasteiger partial charge is 0.155 e. The molecule has 1 atom stereocenters. The van der Waals surface area contributed by atoms with Crippen molar-refractivity contribution in [1.82, 2.24) is 0 Å². The summed E-state index contributed by atoms with van der Waals surface area (Å²) < 4.78 is 26.3. The average Bonchev–Trinajstić information content (AvgIpc) is 2.38. The molecule has 0 saturated heterocycles. The van der Waals surface area contributed by atoms with Crippen LogP contribution in [0.25, 0.3) is 0 Å². The molecule has 1 unspecified atom stereocenters. The highest BCUT2D eigenvalue weighted by Crippen LogP contribution is 2.33. The number of ether oxygens (including phenoxy) is 1. The van der Waals surface area contributed by atoms with Crippen LogP contribution in [0.2, 0.25) is 0 Å². The molecule has 1 N–H and O–H groups in total. The molecule has 0 aliphatic heterocycles. The molecule has 1 saturated carbocycles. The van der Waals surface area contributed by atoms with E-state index < -0.39 is 16.7 Å². The van der Waals surface area contributed by atoms with Gasteiger partial charge in [0.05, 0.1) is 18.0 Å². The van der Waals surface area contributed by atoms with E-state index >= 15 is 0 Å². The summed E-state index contributed by atoms with van der Waals surface area (Å²) in [5, 5.41) is 0. The van der Waals surface area contributed by atoms with Gasteiger partial charge in [0, 0.05) is 0 Å². The zero-order chi connectivity index (χ0) is 12.8. The quantitative estimate of drug-likeness (QED) is 0.835. The van der Waals surface area contributed by atoms with Crippen molar-refractivity contribution in [2.45, 2.75) is 44.3 Å². The molecular weight excluding hydrogens is 248 g/mol. The molecule has 100 valence electrons. The Bertz CT molecular complexity index is 385. The second kappa shape index (κ2) is 6.45. The molecule has 0 bridgehead atoms. The second-order valence-corrected chi connectivity index (χ2v) is 5.92. The third-order valence-electron chi connectivity index (χ3n) is 3.54. The minimum atomic E-state index is -1.79. The first-order valence-corrected chi connectivity index (χ1v) is 7.73. The summed E-state index contributed by atoms with van der Waals surface area (Å²) in [6, 6.07) is 9.98. The normalized spacial score (nSPS) is 20.5. The Kier molecular flexibility index (Phi) is 4.92. The van der Waals surface area contributed by atoms with Crippen molar-refractivity contribution < 1.29 is 13.5 Å². The fourth-order valence-electron chi connectivity index (χ4n) is 2.56. The van der Waals surface area contributed by atoms with E-state index in [9.17, 15) is 4.21 Å². The van der Waals surface area contributed by atoms with Crippen molar-refractivity contribution in [3.05, 3.63) is 35.9 Å². The van der Waals surface area contributed by atoms with E-state index in [0.717, 1.165) is 31.2 Å². The molecular formula is C14H20O3S. The molecule has 1 aliphatic rings. The maximum absolute atomic E-state index is 11.1. The fourth-order valence-corrected chi connectivity index (χ4v) is 3.38. The molecule has 1 fully saturated rings. The molecule has 1 aromatic rings. The molecule has 4 heteroatoms. The third-order valence-corrected chi connectivity index (χ3v) is 4.31. The predicted molar refractivity (Wildman–Crippen MR) is 72.7 cm³/mol. The van der Waals surface area contributed by atoms with Gasteiger partial charge < -0.3 is 9.29 Å². The molecule has 1 aliphatic carbocycles. The predicted octanol–water partition coefficient (Wildman–Crippen LogP) is 3.13. The summed E-state index contributed by atoms with van der Waals surface area (Å²) in [4.78, 5) is 0. The van der Waals surface area contributed by atoms with Gasteiger partial charge in [0.1, 0.15) is 0 Å². The zero-order valence-electron chi connectivity index (χ0n) is 10.5. The Balaban J connectivity index is 1.99.